The highest BCUT2D eigenvalue weighted by molar-refractivity contribution is 7.98. The van der Waals surface area contributed by atoms with E-state index >= 15 is 0 Å². The van der Waals surface area contributed by atoms with Gasteiger partial charge in [-0.25, -0.2) is 9.97 Å². The number of hydrogen-bond acceptors (Lipinski definition) is 6. The van der Waals surface area contributed by atoms with Crippen LogP contribution in [0.25, 0.3) is 20.8 Å². The number of thiophene rings is 1. The molecule has 4 nitrogen and oxygen atoms in total. The largest absolute Gasteiger partial charge is 0.301 e. The second-order valence-electron chi connectivity index (χ2n) is 7.01. The molecule has 1 aliphatic carbocycles. The second-order valence-corrected chi connectivity index (χ2v) is 9.92. The number of fused-ring (bicyclic) bond motifs is 3. The fourth-order valence-electron chi connectivity index (χ4n) is 3.66. The average molecular weight is 426 g/mol. The van der Waals surface area contributed by atoms with Crippen LogP contribution in [0.2, 0.25) is 0 Å². The molecule has 0 amide bonds. The summed E-state index contributed by atoms with van der Waals surface area (Å²) in [6, 6.07) is 8.30. The van der Waals surface area contributed by atoms with Gasteiger partial charge in [-0.15, -0.1) is 22.7 Å². The highest BCUT2D eigenvalue weighted by atomic mass is 32.2. The third-order valence-electron chi connectivity index (χ3n) is 5.09. The maximum Gasteiger partial charge on any atom is 0.260 e. The first-order chi connectivity index (χ1) is 13.7. The Labute approximate surface area is 175 Å². The van der Waals surface area contributed by atoms with Crippen LogP contribution in [0.5, 0.6) is 0 Å². The van der Waals surface area contributed by atoms with Gasteiger partial charge in [0.2, 0.25) is 0 Å². The lowest BCUT2D eigenvalue weighted by molar-refractivity contribution is 0.700. The Hall–Kier alpha value is -1.96. The lowest BCUT2D eigenvalue weighted by Gasteiger charge is -2.09. The molecule has 1 N–H and O–H groups in total. The topological polar surface area (TPSA) is 58.6 Å². The van der Waals surface area contributed by atoms with Crippen molar-refractivity contribution in [3.8, 4) is 10.6 Å². The zero-order chi connectivity index (χ0) is 19.1. The Morgan fingerprint density at radius 2 is 2.04 bits per heavy atom. The van der Waals surface area contributed by atoms with Crippen LogP contribution in [0.15, 0.2) is 39.6 Å². The Bertz CT molecular complexity index is 1220. The molecule has 3 heterocycles. The summed E-state index contributed by atoms with van der Waals surface area (Å²) in [5.41, 5.74) is 4.67. The Morgan fingerprint density at radius 1 is 1.18 bits per heavy atom. The number of nitrogens with one attached hydrogen (secondary N) is 1. The molecule has 1 aromatic carbocycles. The molecule has 28 heavy (non-hydrogen) atoms. The van der Waals surface area contributed by atoms with Crippen LogP contribution in [0.1, 0.15) is 34.5 Å². The van der Waals surface area contributed by atoms with Gasteiger partial charge >= 0.3 is 0 Å². The van der Waals surface area contributed by atoms with Crippen molar-refractivity contribution in [2.24, 2.45) is 0 Å². The number of aromatic nitrogens is 3. The third kappa shape index (κ3) is 3.32. The van der Waals surface area contributed by atoms with Crippen molar-refractivity contribution in [1.29, 1.82) is 0 Å². The molecule has 4 aromatic rings. The predicted octanol–water partition coefficient (Wildman–Crippen LogP) is 5.59. The molecule has 0 unspecified atom stereocenters. The Balaban J connectivity index is 1.38. The monoisotopic (exact) mass is 425 g/mol. The molecular weight excluding hydrogens is 406 g/mol. The van der Waals surface area contributed by atoms with E-state index in [0.29, 0.717) is 10.9 Å². The first-order valence-corrected chi connectivity index (χ1v) is 12.0. The summed E-state index contributed by atoms with van der Waals surface area (Å²) in [4.78, 5) is 27.4. The summed E-state index contributed by atoms with van der Waals surface area (Å²) in [5, 5.41) is 4.63. The van der Waals surface area contributed by atoms with E-state index in [1.165, 1.54) is 34.4 Å². The second kappa shape index (κ2) is 7.46. The number of thioether (sulfide) groups is 1. The summed E-state index contributed by atoms with van der Waals surface area (Å²) < 4.78 is 0. The average Bonchev–Trinajstić information content (AvgIpc) is 3.31. The van der Waals surface area contributed by atoms with E-state index in [1.54, 1.807) is 34.4 Å². The first-order valence-electron chi connectivity index (χ1n) is 9.37. The van der Waals surface area contributed by atoms with Gasteiger partial charge in [-0.1, -0.05) is 36.0 Å². The van der Waals surface area contributed by atoms with Crippen LogP contribution in [0.3, 0.4) is 0 Å². The van der Waals surface area contributed by atoms with Crippen molar-refractivity contribution in [3.05, 3.63) is 61.7 Å². The van der Waals surface area contributed by atoms with Crippen LogP contribution < -0.4 is 5.56 Å². The number of H-pyrrole nitrogens is 1. The molecule has 7 heteroatoms. The van der Waals surface area contributed by atoms with Crippen molar-refractivity contribution >= 4 is 44.7 Å². The summed E-state index contributed by atoms with van der Waals surface area (Å²) in [7, 11) is 0. The van der Waals surface area contributed by atoms with Crippen LogP contribution in [-0.2, 0) is 18.6 Å². The molecule has 0 aliphatic heterocycles. The van der Waals surface area contributed by atoms with Crippen molar-refractivity contribution in [2.45, 2.75) is 43.5 Å². The number of hydrogen-bond donors (Lipinski definition) is 1. The highest BCUT2D eigenvalue weighted by Crippen LogP contribution is 2.34. The van der Waals surface area contributed by atoms with Gasteiger partial charge in [-0.05, 0) is 43.7 Å². The number of aryl methyl sites for hydroxylation is 3. The van der Waals surface area contributed by atoms with Gasteiger partial charge in [0, 0.05) is 21.6 Å². The minimum absolute atomic E-state index is 0.00535. The molecule has 0 bridgehead atoms. The van der Waals surface area contributed by atoms with Gasteiger partial charge < -0.3 is 4.98 Å². The van der Waals surface area contributed by atoms with E-state index in [-0.39, 0.29) is 5.56 Å². The minimum atomic E-state index is 0.00535. The molecule has 3 aromatic heterocycles. The molecule has 0 saturated carbocycles. The third-order valence-corrected chi connectivity index (χ3v) is 8.10. The van der Waals surface area contributed by atoms with E-state index in [4.69, 9.17) is 9.97 Å². The van der Waals surface area contributed by atoms with Crippen LogP contribution in [0.4, 0.5) is 0 Å². The molecule has 5 rings (SSSR count). The molecule has 0 radical (unpaired) electrons. The SMILES string of the molecule is Cc1ccccc1-c1nc(CSc2nc3sc4c(c3c(=O)[nH]2)CCCC4)cs1. The predicted molar refractivity (Wildman–Crippen MR) is 119 cm³/mol. The fourth-order valence-corrected chi connectivity index (χ4v) is 6.75. The van der Waals surface area contributed by atoms with Gasteiger partial charge in [0.05, 0.1) is 11.1 Å². The lowest BCUT2D eigenvalue weighted by atomic mass is 9.97. The number of benzene rings is 1. The van der Waals surface area contributed by atoms with E-state index in [2.05, 4.69) is 29.4 Å². The molecule has 142 valence electrons. The van der Waals surface area contributed by atoms with Crippen molar-refractivity contribution in [2.75, 3.05) is 0 Å². The summed E-state index contributed by atoms with van der Waals surface area (Å²) in [6.45, 7) is 2.11. The number of thiazole rings is 1. The first kappa shape index (κ1) is 18.1. The standard InChI is InChI=1S/C21H19N3OS3/c1-12-6-2-3-7-14(12)19-22-13(10-26-19)11-27-21-23-18(25)17-15-8-4-5-9-16(15)28-20(17)24-21/h2-3,6-7,10H,4-5,8-9,11H2,1H3,(H,23,24,25). The number of nitrogens with zero attached hydrogens (tertiary/aromatic N) is 2. The molecule has 0 saturated heterocycles. The van der Waals surface area contributed by atoms with Gasteiger partial charge in [0.25, 0.3) is 5.56 Å². The molecule has 0 spiro atoms. The van der Waals surface area contributed by atoms with Crippen LogP contribution >= 0.6 is 34.4 Å². The van der Waals surface area contributed by atoms with Gasteiger partial charge in [-0.3, -0.25) is 4.79 Å². The van der Waals surface area contributed by atoms with E-state index in [9.17, 15) is 4.79 Å². The minimum Gasteiger partial charge on any atom is -0.301 e. The lowest BCUT2D eigenvalue weighted by Crippen LogP contribution is -2.10. The van der Waals surface area contributed by atoms with Gasteiger partial charge in [-0.2, -0.15) is 0 Å². The van der Waals surface area contributed by atoms with Gasteiger partial charge in [0.15, 0.2) is 5.16 Å². The zero-order valence-corrected chi connectivity index (χ0v) is 17.9. The van der Waals surface area contributed by atoms with Crippen LogP contribution in [-0.4, -0.2) is 15.0 Å². The maximum atomic E-state index is 12.7. The number of rotatable bonds is 4. The molecule has 0 atom stereocenters. The summed E-state index contributed by atoms with van der Waals surface area (Å²) in [5.74, 6) is 0.696. The van der Waals surface area contributed by atoms with Crippen LogP contribution in [0, 0.1) is 6.92 Å². The molecule has 0 fully saturated rings. The molecular formula is C21H19N3OS3. The van der Waals surface area contributed by atoms with E-state index < -0.39 is 0 Å². The highest BCUT2D eigenvalue weighted by Gasteiger charge is 2.20. The smallest absolute Gasteiger partial charge is 0.260 e. The fraction of sp³-hybridized carbons (Fsp3) is 0.286. The number of aromatic amines is 1. The summed E-state index contributed by atoms with van der Waals surface area (Å²) >= 11 is 4.90. The zero-order valence-electron chi connectivity index (χ0n) is 15.4. The summed E-state index contributed by atoms with van der Waals surface area (Å²) in [6.07, 6.45) is 4.47. The van der Waals surface area contributed by atoms with Gasteiger partial charge in [0.1, 0.15) is 9.84 Å². The van der Waals surface area contributed by atoms with Crippen molar-refractivity contribution in [1.82, 2.24) is 15.0 Å². The molecule has 1 aliphatic rings. The Kier molecular flexibility index (Phi) is 4.82. The van der Waals surface area contributed by atoms with E-state index in [0.717, 1.165) is 33.8 Å². The maximum absolute atomic E-state index is 12.7. The Morgan fingerprint density at radius 3 is 2.93 bits per heavy atom. The normalized spacial score (nSPS) is 13.8. The van der Waals surface area contributed by atoms with E-state index in [1.807, 2.05) is 12.1 Å². The quantitative estimate of drug-likeness (QED) is 0.342. The van der Waals surface area contributed by atoms with Crippen molar-refractivity contribution in [3.63, 3.8) is 0 Å². The van der Waals surface area contributed by atoms with Crippen molar-refractivity contribution < 1.29 is 0 Å².